The van der Waals surface area contributed by atoms with E-state index in [0.29, 0.717) is 18.7 Å². The van der Waals surface area contributed by atoms with Gasteiger partial charge in [-0.1, -0.05) is 46.3 Å². The molecule has 0 spiro atoms. The highest BCUT2D eigenvalue weighted by atomic mass is 79.9. The third-order valence-electron chi connectivity index (χ3n) is 3.40. The summed E-state index contributed by atoms with van der Waals surface area (Å²) < 4.78 is 18.9. The van der Waals surface area contributed by atoms with Crippen molar-refractivity contribution in [2.75, 3.05) is 0 Å². The van der Waals surface area contributed by atoms with Crippen molar-refractivity contribution in [2.45, 2.75) is 12.8 Å². The van der Waals surface area contributed by atoms with Gasteiger partial charge < -0.3 is 4.74 Å². The Morgan fingerprint density at radius 3 is 2.57 bits per heavy atom. The van der Waals surface area contributed by atoms with Gasteiger partial charge in [-0.25, -0.2) is 14.2 Å². The van der Waals surface area contributed by atoms with Crippen LogP contribution in [0.1, 0.15) is 17.5 Å². The van der Waals surface area contributed by atoms with Crippen molar-refractivity contribution >= 4 is 33.9 Å². The number of nitrogens with zero attached hydrogens (tertiary/aromatic N) is 1. The van der Waals surface area contributed by atoms with E-state index in [9.17, 15) is 9.18 Å². The maximum absolute atomic E-state index is 12.9. The van der Waals surface area contributed by atoms with Crippen LogP contribution < -0.4 is 0 Å². The fourth-order valence-corrected chi connectivity index (χ4v) is 2.60. The van der Waals surface area contributed by atoms with E-state index in [4.69, 9.17) is 4.74 Å². The highest BCUT2D eigenvalue weighted by Gasteiger charge is 2.22. The number of aryl methyl sites for hydroxylation is 1. The van der Waals surface area contributed by atoms with Crippen molar-refractivity contribution in [1.29, 1.82) is 0 Å². The van der Waals surface area contributed by atoms with Crippen LogP contribution in [0.2, 0.25) is 0 Å². The molecule has 0 N–H and O–H groups in total. The van der Waals surface area contributed by atoms with Crippen LogP contribution in [0, 0.1) is 5.82 Å². The predicted octanol–water partition coefficient (Wildman–Crippen LogP) is 4.52. The monoisotopic (exact) mass is 373 g/mol. The number of ether oxygens (including phenoxy) is 1. The van der Waals surface area contributed by atoms with Crippen molar-refractivity contribution in [3.05, 3.63) is 75.6 Å². The third-order valence-corrected chi connectivity index (χ3v) is 4.13. The Labute approximate surface area is 141 Å². The number of carbonyl (C=O) groups excluding carboxylic acids is 1. The van der Waals surface area contributed by atoms with Gasteiger partial charge in [0.1, 0.15) is 5.82 Å². The Morgan fingerprint density at radius 2 is 1.83 bits per heavy atom. The number of aliphatic imine (C=N–C) groups is 1. The summed E-state index contributed by atoms with van der Waals surface area (Å²) in [6, 6.07) is 13.8. The molecule has 0 saturated heterocycles. The number of hydrogen-bond donors (Lipinski definition) is 0. The summed E-state index contributed by atoms with van der Waals surface area (Å²) in [7, 11) is 0. The third kappa shape index (κ3) is 3.93. The normalized spacial score (nSPS) is 15.7. The molecule has 23 heavy (non-hydrogen) atoms. The maximum atomic E-state index is 12.9. The molecule has 1 aliphatic rings. The second-order valence-electron chi connectivity index (χ2n) is 5.07. The average molecular weight is 374 g/mol. The van der Waals surface area contributed by atoms with Crippen LogP contribution in [0.3, 0.4) is 0 Å². The van der Waals surface area contributed by atoms with Gasteiger partial charge in [-0.3, -0.25) is 0 Å². The molecule has 0 aromatic heterocycles. The molecule has 2 aromatic rings. The Hall–Kier alpha value is -2.27. The first kappa shape index (κ1) is 15.6. The van der Waals surface area contributed by atoms with Crippen LogP contribution in [0.25, 0.3) is 6.08 Å². The zero-order chi connectivity index (χ0) is 16.2. The molecule has 116 valence electrons. The second-order valence-corrected chi connectivity index (χ2v) is 5.93. The number of cyclic esters (lactones) is 1. The topological polar surface area (TPSA) is 38.7 Å². The maximum Gasteiger partial charge on any atom is 0.363 e. The molecular weight excluding hydrogens is 361 g/mol. The highest BCUT2D eigenvalue weighted by molar-refractivity contribution is 9.10. The zero-order valence-electron chi connectivity index (χ0n) is 12.1. The fraction of sp³-hybridized carbons (Fsp3) is 0.111. The van der Waals surface area contributed by atoms with E-state index in [2.05, 4.69) is 20.9 Å². The lowest BCUT2D eigenvalue weighted by molar-refractivity contribution is -0.130. The molecule has 0 fully saturated rings. The molecule has 1 aliphatic heterocycles. The molecular formula is C18H13BrFNO2. The van der Waals surface area contributed by atoms with Crippen molar-refractivity contribution < 1.29 is 13.9 Å². The minimum absolute atomic E-state index is 0.267. The molecule has 5 heteroatoms. The number of esters is 1. The number of rotatable bonds is 4. The Morgan fingerprint density at radius 1 is 1.09 bits per heavy atom. The van der Waals surface area contributed by atoms with E-state index >= 15 is 0 Å². The summed E-state index contributed by atoms with van der Waals surface area (Å²) in [6.07, 6.45) is 2.82. The van der Waals surface area contributed by atoms with Crippen molar-refractivity contribution in [2.24, 2.45) is 4.99 Å². The Kier molecular flexibility index (Phi) is 4.67. The van der Waals surface area contributed by atoms with Crippen LogP contribution in [-0.4, -0.2) is 11.9 Å². The SMILES string of the molecule is O=C1OC(CCc2ccc(F)cc2)=N/C1=C\c1ccccc1Br. The van der Waals surface area contributed by atoms with Gasteiger partial charge in [-0.2, -0.15) is 0 Å². The molecule has 0 amide bonds. The molecule has 0 unspecified atom stereocenters. The van der Waals surface area contributed by atoms with E-state index in [1.165, 1.54) is 12.1 Å². The van der Waals surface area contributed by atoms with Crippen LogP contribution in [-0.2, 0) is 16.0 Å². The van der Waals surface area contributed by atoms with Gasteiger partial charge in [-0.05, 0) is 41.8 Å². The quantitative estimate of drug-likeness (QED) is 0.583. The van der Waals surface area contributed by atoms with Crippen LogP contribution in [0.4, 0.5) is 4.39 Å². The van der Waals surface area contributed by atoms with E-state index in [-0.39, 0.29) is 11.5 Å². The van der Waals surface area contributed by atoms with Gasteiger partial charge in [0.2, 0.25) is 0 Å². The highest BCUT2D eigenvalue weighted by Crippen LogP contribution is 2.22. The van der Waals surface area contributed by atoms with E-state index in [1.807, 2.05) is 24.3 Å². The summed E-state index contributed by atoms with van der Waals surface area (Å²) >= 11 is 3.43. The summed E-state index contributed by atoms with van der Waals surface area (Å²) in [5.41, 5.74) is 2.11. The number of carbonyl (C=O) groups is 1. The van der Waals surface area contributed by atoms with E-state index < -0.39 is 5.97 Å². The van der Waals surface area contributed by atoms with Gasteiger partial charge in [0, 0.05) is 10.9 Å². The molecule has 0 aliphatic carbocycles. The summed E-state index contributed by atoms with van der Waals surface area (Å²) in [4.78, 5) is 16.1. The van der Waals surface area contributed by atoms with E-state index in [0.717, 1.165) is 15.6 Å². The minimum atomic E-state index is -0.449. The number of benzene rings is 2. The Bertz CT molecular complexity index is 797. The smallest absolute Gasteiger partial charge is 0.363 e. The molecule has 1 heterocycles. The van der Waals surface area contributed by atoms with Gasteiger partial charge in [0.15, 0.2) is 11.6 Å². The van der Waals surface area contributed by atoms with Crippen molar-refractivity contribution in [3.63, 3.8) is 0 Å². The van der Waals surface area contributed by atoms with Gasteiger partial charge in [0.25, 0.3) is 0 Å². The molecule has 0 bridgehead atoms. The molecule has 0 atom stereocenters. The predicted molar refractivity (Wildman–Crippen MR) is 90.4 cm³/mol. The lowest BCUT2D eigenvalue weighted by atomic mass is 10.1. The first-order chi connectivity index (χ1) is 11.1. The summed E-state index contributed by atoms with van der Waals surface area (Å²) in [5, 5.41) is 0. The summed E-state index contributed by atoms with van der Waals surface area (Å²) in [6.45, 7) is 0. The van der Waals surface area contributed by atoms with Crippen LogP contribution >= 0.6 is 15.9 Å². The first-order valence-corrected chi connectivity index (χ1v) is 7.91. The van der Waals surface area contributed by atoms with Crippen molar-refractivity contribution in [3.8, 4) is 0 Å². The van der Waals surface area contributed by atoms with Crippen molar-refractivity contribution in [1.82, 2.24) is 0 Å². The van der Waals surface area contributed by atoms with Crippen LogP contribution in [0.15, 0.2) is 63.7 Å². The largest absolute Gasteiger partial charge is 0.407 e. The lowest BCUT2D eigenvalue weighted by Crippen LogP contribution is -2.05. The van der Waals surface area contributed by atoms with E-state index in [1.54, 1.807) is 18.2 Å². The van der Waals surface area contributed by atoms with Gasteiger partial charge in [-0.15, -0.1) is 0 Å². The van der Waals surface area contributed by atoms with Crippen LogP contribution in [0.5, 0.6) is 0 Å². The first-order valence-electron chi connectivity index (χ1n) is 7.12. The second kappa shape index (κ2) is 6.87. The molecule has 3 nitrogen and oxygen atoms in total. The molecule has 3 rings (SSSR count). The lowest BCUT2D eigenvalue weighted by Gasteiger charge is -2.00. The number of halogens is 2. The number of hydrogen-bond acceptors (Lipinski definition) is 3. The van der Waals surface area contributed by atoms with Gasteiger partial charge in [0.05, 0.1) is 0 Å². The Balaban J connectivity index is 1.71. The van der Waals surface area contributed by atoms with Gasteiger partial charge >= 0.3 is 5.97 Å². The minimum Gasteiger partial charge on any atom is -0.407 e. The molecule has 2 aromatic carbocycles. The summed E-state index contributed by atoms with van der Waals surface area (Å²) in [5.74, 6) is -0.329. The molecule has 0 radical (unpaired) electrons. The zero-order valence-corrected chi connectivity index (χ0v) is 13.7. The fourth-order valence-electron chi connectivity index (χ4n) is 2.20. The standard InChI is InChI=1S/C18H13BrFNO2/c19-15-4-2-1-3-13(15)11-16-18(22)23-17(21-16)10-7-12-5-8-14(20)9-6-12/h1-6,8-9,11H,7,10H2/b16-11-. The average Bonchev–Trinajstić information content (AvgIpc) is 2.89. The molecule has 0 saturated carbocycles.